The van der Waals surface area contributed by atoms with E-state index < -0.39 is 11.9 Å². The Morgan fingerprint density at radius 2 is 1.85 bits per heavy atom. The first-order valence-corrected chi connectivity index (χ1v) is 11.2. The number of carbonyl (C=O) groups excluding carboxylic acids is 2. The summed E-state index contributed by atoms with van der Waals surface area (Å²) in [5.41, 5.74) is 1.81. The minimum absolute atomic E-state index is 0.139. The minimum Gasteiger partial charge on any atom is -0.497 e. The van der Waals surface area contributed by atoms with Crippen LogP contribution in [0.15, 0.2) is 81.9 Å². The summed E-state index contributed by atoms with van der Waals surface area (Å²) in [6.45, 7) is 2.19. The Labute approximate surface area is 204 Å². The second kappa shape index (κ2) is 10.4. The smallest absolute Gasteiger partial charge is 0.363 e. The SMILES string of the molecule is CCOc1cc(/C=C2\N=C(c3cccc(OC)c3)OC2=O)ccc1OC(=O)c1ccc(Br)cc1. The van der Waals surface area contributed by atoms with Crippen molar-refractivity contribution in [3.63, 3.8) is 0 Å². The highest BCUT2D eigenvalue weighted by atomic mass is 79.9. The van der Waals surface area contributed by atoms with Gasteiger partial charge in [-0.1, -0.05) is 28.1 Å². The summed E-state index contributed by atoms with van der Waals surface area (Å²) in [5.74, 6) is 0.383. The van der Waals surface area contributed by atoms with Gasteiger partial charge >= 0.3 is 11.9 Å². The van der Waals surface area contributed by atoms with E-state index in [1.165, 1.54) is 0 Å². The number of carbonyl (C=O) groups is 2. The van der Waals surface area contributed by atoms with E-state index in [4.69, 9.17) is 18.9 Å². The van der Waals surface area contributed by atoms with Crippen molar-refractivity contribution in [1.82, 2.24) is 0 Å². The second-order valence-corrected chi connectivity index (χ2v) is 8.02. The van der Waals surface area contributed by atoms with E-state index in [9.17, 15) is 9.59 Å². The third-order valence-electron chi connectivity index (χ3n) is 4.79. The van der Waals surface area contributed by atoms with Gasteiger partial charge in [-0.15, -0.1) is 0 Å². The molecule has 0 bridgehead atoms. The van der Waals surface area contributed by atoms with Crippen LogP contribution in [0.3, 0.4) is 0 Å². The molecule has 0 fully saturated rings. The third-order valence-corrected chi connectivity index (χ3v) is 5.32. The molecule has 8 heteroatoms. The molecule has 7 nitrogen and oxygen atoms in total. The molecule has 0 saturated heterocycles. The molecule has 1 aliphatic heterocycles. The van der Waals surface area contributed by atoms with E-state index in [1.54, 1.807) is 79.9 Å². The lowest BCUT2D eigenvalue weighted by Crippen LogP contribution is -2.09. The van der Waals surface area contributed by atoms with Crippen molar-refractivity contribution in [2.45, 2.75) is 6.92 Å². The van der Waals surface area contributed by atoms with Crippen LogP contribution in [0.1, 0.15) is 28.4 Å². The highest BCUT2D eigenvalue weighted by Crippen LogP contribution is 2.31. The Bertz CT molecular complexity index is 1300. The zero-order valence-electron chi connectivity index (χ0n) is 18.4. The molecule has 1 heterocycles. The number of hydrogen-bond donors (Lipinski definition) is 0. The van der Waals surface area contributed by atoms with Crippen LogP contribution < -0.4 is 14.2 Å². The van der Waals surface area contributed by atoms with Gasteiger partial charge in [0.15, 0.2) is 17.2 Å². The van der Waals surface area contributed by atoms with Crippen LogP contribution in [-0.2, 0) is 9.53 Å². The standard InChI is InChI=1S/C26H20BrNO6/c1-3-32-23-14-16(7-12-22(23)33-25(29)17-8-10-19(27)11-9-17)13-21-26(30)34-24(28-21)18-5-4-6-20(15-18)31-2/h4-15H,3H2,1-2H3/b21-13-. The molecule has 0 N–H and O–H groups in total. The van der Waals surface area contributed by atoms with Gasteiger partial charge in [0.1, 0.15) is 5.75 Å². The van der Waals surface area contributed by atoms with Crippen LogP contribution >= 0.6 is 15.9 Å². The summed E-state index contributed by atoms with van der Waals surface area (Å²) in [7, 11) is 1.56. The lowest BCUT2D eigenvalue weighted by Gasteiger charge is -2.11. The Hall–Kier alpha value is -3.91. The second-order valence-electron chi connectivity index (χ2n) is 7.10. The van der Waals surface area contributed by atoms with Crippen molar-refractivity contribution in [2.24, 2.45) is 4.99 Å². The van der Waals surface area contributed by atoms with Crippen LogP contribution in [0.2, 0.25) is 0 Å². The molecule has 0 saturated carbocycles. The topological polar surface area (TPSA) is 83.4 Å². The predicted molar refractivity (Wildman–Crippen MR) is 130 cm³/mol. The Kier molecular flexibility index (Phi) is 7.08. The molecule has 4 rings (SSSR count). The summed E-state index contributed by atoms with van der Waals surface area (Å²) in [4.78, 5) is 29.2. The molecular weight excluding hydrogens is 502 g/mol. The van der Waals surface area contributed by atoms with Crippen molar-refractivity contribution < 1.29 is 28.5 Å². The maximum Gasteiger partial charge on any atom is 0.363 e. The highest BCUT2D eigenvalue weighted by molar-refractivity contribution is 9.10. The average Bonchev–Trinajstić information content (AvgIpc) is 3.21. The van der Waals surface area contributed by atoms with Crippen LogP contribution in [0.5, 0.6) is 17.2 Å². The fourth-order valence-electron chi connectivity index (χ4n) is 3.16. The van der Waals surface area contributed by atoms with E-state index in [2.05, 4.69) is 20.9 Å². The van der Waals surface area contributed by atoms with Crippen LogP contribution in [-0.4, -0.2) is 31.6 Å². The zero-order chi connectivity index (χ0) is 24.1. The van der Waals surface area contributed by atoms with Gasteiger partial charge in [0.25, 0.3) is 0 Å². The van der Waals surface area contributed by atoms with Gasteiger partial charge in [0, 0.05) is 10.0 Å². The molecule has 0 unspecified atom stereocenters. The van der Waals surface area contributed by atoms with E-state index in [0.717, 1.165) is 4.47 Å². The van der Waals surface area contributed by atoms with E-state index in [1.807, 2.05) is 6.92 Å². The van der Waals surface area contributed by atoms with E-state index >= 15 is 0 Å². The van der Waals surface area contributed by atoms with Gasteiger partial charge in [-0.2, -0.15) is 0 Å². The summed E-state index contributed by atoms with van der Waals surface area (Å²) in [6.07, 6.45) is 1.58. The first kappa shape index (κ1) is 23.3. The maximum absolute atomic E-state index is 12.5. The van der Waals surface area contributed by atoms with Crippen molar-refractivity contribution in [2.75, 3.05) is 13.7 Å². The number of aliphatic imine (C=N–C) groups is 1. The van der Waals surface area contributed by atoms with Crippen molar-refractivity contribution >= 4 is 39.8 Å². The van der Waals surface area contributed by atoms with Crippen molar-refractivity contribution in [3.8, 4) is 17.2 Å². The molecule has 34 heavy (non-hydrogen) atoms. The quantitative estimate of drug-likeness (QED) is 0.234. The molecule has 0 atom stereocenters. The van der Waals surface area contributed by atoms with Gasteiger partial charge in [0.2, 0.25) is 5.90 Å². The molecule has 1 aliphatic rings. The number of halogens is 1. The Morgan fingerprint density at radius 1 is 1.06 bits per heavy atom. The predicted octanol–water partition coefficient (Wildman–Crippen LogP) is 5.42. The monoisotopic (exact) mass is 521 g/mol. The molecular formula is C26H20BrNO6. The normalized spacial score (nSPS) is 13.9. The van der Waals surface area contributed by atoms with Crippen molar-refractivity contribution in [3.05, 3.63) is 93.6 Å². The summed E-state index contributed by atoms with van der Waals surface area (Å²) in [6, 6.07) is 18.9. The fraction of sp³-hybridized carbons (Fsp3) is 0.115. The molecule has 172 valence electrons. The number of nitrogens with zero attached hydrogens (tertiary/aromatic N) is 1. The third kappa shape index (κ3) is 5.35. The number of rotatable bonds is 7. The fourth-order valence-corrected chi connectivity index (χ4v) is 3.42. The summed E-state index contributed by atoms with van der Waals surface area (Å²) in [5, 5.41) is 0. The number of esters is 2. The van der Waals surface area contributed by atoms with E-state index in [0.29, 0.717) is 34.8 Å². The lowest BCUT2D eigenvalue weighted by molar-refractivity contribution is -0.129. The molecule has 3 aromatic rings. The molecule has 0 radical (unpaired) electrons. The summed E-state index contributed by atoms with van der Waals surface area (Å²) >= 11 is 3.34. The van der Waals surface area contributed by atoms with Crippen LogP contribution in [0.25, 0.3) is 6.08 Å². The molecule has 3 aromatic carbocycles. The van der Waals surface area contributed by atoms with E-state index in [-0.39, 0.29) is 17.3 Å². The minimum atomic E-state index is -0.568. The van der Waals surface area contributed by atoms with Gasteiger partial charge in [0.05, 0.1) is 19.3 Å². The van der Waals surface area contributed by atoms with Crippen LogP contribution in [0.4, 0.5) is 0 Å². The number of cyclic esters (lactones) is 1. The van der Waals surface area contributed by atoms with Gasteiger partial charge < -0.3 is 18.9 Å². The number of benzene rings is 3. The number of methoxy groups -OCH3 is 1. The molecule has 0 aliphatic carbocycles. The first-order chi connectivity index (χ1) is 16.5. The van der Waals surface area contributed by atoms with Gasteiger partial charge in [-0.3, -0.25) is 0 Å². The summed E-state index contributed by atoms with van der Waals surface area (Å²) < 4.78 is 22.6. The highest BCUT2D eigenvalue weighted by Gasteiger charge is 2.24. The lowest BCUT2D eigenvalue weighted by atomic mass is 10.1. The molecule has 0 spiro atoms. The number of ether oxygens (including phenoxy) is 4. The van der Waals surface area contributed by atoms with Gasteiger partial charge in [-0.25, -0.2) is 14.6 Å². The number of hydrogen-bond acceptors (Lipinski definition) is 7. The van der Waals surface area contributed by atoms with Crippen LogP contribution in [0, 0.1) is 0 Å². The Balaban J connectivity index is 1.59. The maximum atomic E-state index is 12.5. The van der Waals surface area contributed by atoms with Crippen molar-refractivity contribution in [1.29, 1.82) is 0 Å². The molecule has 0 amide bonds. The first-order valence-electron chi connectivity index (χ1n) is 10.4. The molecule has 0 aromatic heterocycles. The largest absolute Gasteiger partial charge is 0.497 e. The zero-order valence-corrected chi connectivity index (χ0v) is 20.0. The Morgan fingerprint density at radius 3 is 2.59 bits per heavy atom. The average molecular weight is 522 g/mol. The van der Waals surface area contributed by atoms with Gasteiger partial charge in [-0.05, 0) is 73.2 Å².